The fraction of sp³-hybridized carbons (Fsp3) is 0.205. The molecule has 2 amide bonds. The standard InChI is InChI=1S/C39H38N4O3/c44-38(43-37(24-34-25-40-27-42-34)39(45)41-20-21-46-26-28-10-2-1-3-11-28)33(22-31-16-8-14-29-12-4-6-18-35(29)31)23-32-17-9-15-30-13-5-7-19-36(30)32/h1-19,25,27,33,37H,20-24,26H2,(H,40,42)(H,41,45)(H,43,44)/t37-/m0/s1. The Labute approximate surface area is 269 Å². The number of fused-ring (bicyclic) bond motifs is 2. The lowest BCUT2D eigenvalue weighted by atomic mass is 9.87. The molecule has 3 N–H and O–H groups in total. The highest BCUT2D eigenvalue weighted by Gasteiger charge is 2.27. The molecule has 0 aliphatic heterocycles. The summed E-state index contributed by atoms with van der Waals surface area (Å²) in [5, 5.41) is 10.6. The fourth-order valence-corrected chi connectivity index (χ4v) is 5.97. The highest BCUT2D eigenvalue weighted by Crippen LogP contribution is 2.26. The molecule has 0 spiro atoms. The molecule has 6 aromatic rings. The van der Waals surface area contributed by atoms with Crippen LogP contribution in [0.3, 0.4) is 0 Å². The Kier molecular flexibility index (Phi) is 10.1. The van der Waals surface area contributed by atoms with Crippen LogP contribution in [0, 0.1) is 5.92 Å². The summed E-state index contributed by atoms with van der Waals surface area (Å²) in [6.07, 6.45) is 4.65. The molecule has 1 atom stereocenters. The monoisotopic (exact) mass is 610 g/mol. The lowest BCUT2D eigenvalue weighted by Gasteiger charge is -2.23. The highest BCUT2D eigenvalue weighted by molar-refractivity contribution is 5.91. The molecule has 0 aliphatic carbocycles. The van der Waals surface area contributed by atoms with Gasteiger partial charge in [0, 0.05) is 25.1 Å². The topological polar surface area (TPSA) is 96.1 Å². The number of carbonyl (C=O) groups excluding carboxylic acids is 2. The second-order valence-electron chi connectivity index (χ2n) is 11.5. The molecule has 46 heavy (non-hydrogen) atoms. The summed E-state index contributed by atoms with van der Waals surface area (Å²) in [6.45, 7) is 1.15. The number of imidazole rings is 1. The molecule has 0 radical (unpaired) electrons. The van der Waals surface area contributed by atoms with Gasteiger partial charge in [-0.15, -0.1) is 0 Å². The number of hydrogen-bond acceptors (Lipinski definition) is 4. The van der Waals surface area contributed by atoms with Gasteiger partial charge in [-0.25, -0.2) is 4.98 Å². The average Bonchev–Trinajstić information content (AvgIpc) is 3.61. The van der Waals surface area contributed by atoms with Crippen molar-refractivity contribution in [1.29, 1.82) is 0 Å². The van der Waals surface area contributed by atoms with Crippen molar-refractivity contribution in [2.45, 2.75) is 31.9 Å². The van der Waals surface area contributed by atoms with Crippen LogP contribution >= 0.6 is 0 Å². The number of amides is 2. The molecule has 7 nitrogen and oxygen atoms in total. The largest absolute Gasteiger partial charge is 0.375 e. The average molecular weight is 611 g/mol. The van der Waals surface area contributed by atoms with E-state index in [4.69, 9.17) is 4.74 Å². The second-order valence-corrected chi connectivity index (χ2v) is 11.5. The molecule has 0 saturated heterocycles. The summed E-state index contributed by atoms with van der Waals surface area (Å²) >= 11 is 0. The van der Waals surface area contributed by atoms with Crippen LogP contribution in [0.2, 0.25) is 0 Å². The van der Waals surface area contributed by atoms with E-state index in [1.165, 1.54) is 0 Å². The number of ether oxygens (including phenoxy) is 1. The van der Waals surface area contributed by atoms with E-state index in [9.17, 15) is 9.59 Å². The first-order valence-electron chi connectivity index (χ1n) is 15.7. The molecule has 232 valence electrons. The molecule has 5 aromatic carbocycles. The van der Waals surface area contributed by atoms with Crippen molar-refractivity contribution in [3.8, 4) is 0 Å². The maximum absolute atomic E-state index is 14.3. The van der Waals surface area contributed by atoms with Gasteiger partial charge in [-0.1, -0.05) is 115 Å². The van der Waals surface area contributed by atoms with Gasteiger partial charge in [0.15, 0.2) is 0 Å². The Morgan fingerprint density at radius 2 is 1.30 bits per heavy atom. The Bertz CT molecular complexity index is 1800. The van der Waals surface area contributed by atoms with Crippen LogP contribution in [0.5, 0.6) is 0 Å². The van der Waals surface area contributed by atoms with Gasteiger partial charge >= 0.3 is 0 Å². The Hall–Kier alpha value is -5.27. The quantitative estimate of drug-likeness (QED) is 0.128. The first-order valence-corrected chi connectivity index (χ1v) is 15.7. The zero-order chi connectivity index (χ0) is 31.6. The third-order valence-corrected chi connectivity index (χ3v) is 8.32. The van der Waals surface area contributed by atoms with Crippen molar-refractivity contribution in [1.82, 2.24) is 20.6 Å². The van der Waals surface area contributed by atoms with Crippen LogP contribution in [-0.2, 0) is 40.2 Å². The van der Waals surface area contributed by atoms with Gasteiger partial charge in [0.05, 0.1) is 25.2 Å². The molecule has 1 aromatic heterocycles. The molecule has 0 bridgehead atoms. The van der Waals surface area contributed by atoms with Crippen molar-refractivity contribution in [2.75, 3.05) is 13.2 Å². The van der Waals surface area contributed by atoms with E-state index < -0.39 is 12.0 Å². The summed E-state index contributed by atoms with van der Waals surface area (Å²) in [7, 11) is 0. The maximum atomic E-state index is 14.3. The predicted molar refractivity (Wildman–Crippen MR) is 182 cm³/mol. The van der Waals surface area contributed by atoms with Crippen LogP contribution in [0.1, 0.15) is 22.4 Å². The Morgan fingerprint density at radius 3 is 1.93 bits per heavy atom. The summed E-state index contributed by atoms with van der Waals surface area (Å²) < 4.78 is 5.76. The Morgan fingerprint density at radius 1 is 0.696 bits per heavy atom. The summed E-state index contributed by atoms with van der Waals surface area (Å²) in [6, 6.07) is 38.0. The summed E-state index contributed by atoms with van der Waals surface area (Å²) in [4.78, 5) is 35.0. The second kappa shape index (κ2) is 15.1. The molecule has 7 heteroatoms. The number of carbonyl (C=O) groups is 2. The van der Waals surface area contributed by atoms with Crippen molar-refractivity contribution >= 4 is 33.4 Å². The van der Waals surface area contributed by atoms with Crippen molar-refractivity contribution < 1.29 is 14.3 Å². The number of nitrogens with zero attached hydrogens (tertiary/aromatic N) is 1. The van der Waals surface area contributed by atoms with Gasteiger partial charge < -0.3 is 20.4 Å². The lowest BCUT2D eigenvalue weighted by molar-refractivity contribution is -0.131. The summed E-state index contributed by atoms with van der Waals surface area (Å²) in [5.74, 6) is -0.856. The molecule has 0 aliphatic rings. The van der Waals surface area contributed by atoms with Gasteiger partial charge in [0.2, 0.25) is 11.8 Å². The first-order chi connectivity index (χ1) is 22.6. The van der Waals surface area contributed by atoms with Crippen molar-refractivity contribution in [2.24, 2.45) is 5.92 Å². The number of nitrogens with one attached hydrogen (secondary N) is 3. The number of benzene rings is 5. The third kappa shape index (κ3) is 7.86. The zero-order valence-corrected chi connectivity index (χ0v) is 25.7. The number of H-pyrrole nitrogens is 1. The van der Waals surface area contributed by atoms with E-state index in [0.29, 0.717) is 38.3 Å². The van der Waals surface area contributed by atoms with E-state index in [-0.39, 0.29) is 18.2 Å². The summed E-state index contributed by atoms with van der Waals surface area (Å²) in [5.41, 5.74) is 3.96. The fourth-order valence-electron chi connectivity index (χ4n) is 5.97. The first kappa shape index (κ1) is 30.7. The van der Waals surface area contributed by atoms with Gasteiger partial charge in [-0.05, 0) is 51.1 Å². The molecule has 0 fully saturated rings. The van der Waals surface area contributed by atoms with E-state index in [0.717, 1.165) is 38.2 Å². The lowest BCUT2D eigenvalue weighted by Crippen LogP contribution is -2.50. The highest BCUT2D eigenvalue weighted by atomic mass is 16.5. The number of rotatable bonds is 14. The predicted octanol–water partition coefficient (Wildman–Crippen LogP) is 6.18. The Balaban J connectivity index is 1.21. The number of aromatic amines is 1. The van der Waals surface area contributed by atoms with Gasteiger partial charge in [-0.2, -0.15) is 0 Å². The van der Waals surface area contributed by atoms with E-state index in [1.807, 2.05) is 66.7 Å². The van der Waals surface area contributed by atoms with E-state index >= 15 is 0 Å². The van der Waals surface area contributed by atoms with Crippen LogP contribution < -0.4 is 10.6 Å². The minimum atomic E-state index is -0.799. The smallest absolute Gasteiger partial charge is 0.243 e. The normalized spacial score (nSPS) is 11.9. The van der Waals surface area contributed by atoms with Gasteiger partial charge in [0.1, 0.15) is 6.04 Å². The molecule has 0 unspecified atom stereocenters. The molecule has 0 saturated carbocycles. The maximum Gasteiger partial charge on any atom is 0.243 e. The van der Waals surface area contributed by atoms with Crippen molar-refractivity contribution in [3.63, 3.8) is 0 Å². The molecular weight excluding hydrogens is 572 g/mol. The van der Waals surface area contributed by atoms with Crippen LogP contribution in [-0.4, -0.2) is 41.0 Å². The van der Waals surface area contributed by atoms with Crippen molar-refractivity contribution in [3.05, 3.63) is 150 Å². The zero-order valence-electron chi connectivity index (χ0n) is 25.7. The molecular formula is C39H38N4O3. The minimum absolute atomic E-state index is 0.170. The van der Waals surface area contributed by atoms with Gasteiger partial charge in [-0.3, -0.25) is 9.59 Å². The minimum Gasteiger partial charge on any atom is -0.375 e. The van der Waals surface area contributed by atoms with Crippen LogP contribution in [0.15, 0.2) is 128 Å². The SMILES string of the molecule is O=C(N[C@@H](Cc1c[nH]cn1)C(=O)NCCOCc1ccccc1)C(Cc1cccc2ccccc12)Cc1cccc2ccccc12. The molecule has 6 rings (SSSR count). The van der Waals surface area contributed by atoms with E-state index in [1.54, 1.807) is 12.5 Å². The van der Waals surface area contributed by atoms with Crippen LogP contribution in [0.25, 0.3) is 21.5 Å². The van der Waals surface area contributed by atoms with E-state index in [2.05, 4.69) is 69.1 Å². The van der Waals surface area contributed by atoms with Crippen LogP contribution in [0.4, 0.5) is 0 Å². The number of hydrogen-bond donors (Lipinski definition) is 3. The third-order valence-electron chi connectivity index (χ3n) is 8.32. The number of aromatic nitrogens is 2. The van der Waals surface area contributed by atoms with Gasteiger partial charge in [0.25, 0.3) is 0 Å². The molecule has 1 heterocycles.